The Morgan fingerprint density at radius 1 is 1.45 bits per heavy atom. The molecule has 2 aromatic rings. The minimum atomic E-state index is 0.350. The molecule has 5 nitrogen and oxygen atoms in total. The van der Waals surface area contributed by atoms with Crippen LogP contribution in [0.25, 0.3) is 11.0 Å². The van der Waals surface area contributed by atoms with Gasteiger partial charge in [-0.3, -0.25) is 10.5 Å². The van der Waals surface area contributed by atoms with Crippen LogP contribution in [0.3, 0.4) is 0 Å². The molecule has 0 aliphatic rings. The summed E-state index contributed by atoms with van der Waals surface area (Å²) in [5.74, 6) is 0. The highest BCUT2D eigenvalue weighted by molar-refractivity contribution is 5.70. The van der Waals surface area contributed by atoms with Crippen molar-refractivity contribution in [3.8, 4) is 0 Å². The highest BCUT2D eigenvalue weighted by Gasteiger charge is 1.94. The van der Waals surface area contributed by atoms with Crippen molar-refractivity contribution in [2.75, 3.05) is 0 Å². The Morgan fingerprint density at radius 3 is 3.27 bits per heavy atom. The van der Waals surface area contributed by atoms with Crippen molar-refractivity contribution >= 4 is 11.0 Å². The number of nitrogens with one attached hydrogen (secondary N) is 2. The summed E-state index contributed by atoms with van der Waals surface area (Å²) in [7, 11) is 0. The molecule has 2 rings (SSSR count). The summed E-state index contributed by atoms with van der Waals surface area (Å²) in [6.07, 6.45) is 3.02. The van der Waals surface area contributed by atoms with Crippen molar-refractivity contribution in [3.05, 3.63) is 23.8 Å². The van der Waals surface area contributed by atoms with Crippen LogP contribution in [0.2, 0.25) is 0 Å². The Balaban J connectivity index is 3.09. The predicted molar refractivity (Wildman–Crippen MR) is 37.5 cm³/mol. The summed E-state index contributed by atoms with van der Waals surface area (Å²) in [6, 6.07) is 1.56. The molecule has 0 fully saturated rings. The first-order valence-corrected chi connectivity index (χ1v) is 3.07. The zero-order valence-electron chi connectivity index (χ0n) is 5.57. The second kappa shape index (κ2) is 2.12. The lowest BCUT2D eigenvalue weighted by molar-refractivity contribution is 1.08. The lowest BCUT2D eigenvalue weighted by Gasteiger charge is -1.73. The fraction of sp³-hybridized carbons (Fsp3) is 0. The molecule has 0 bridgehead atoms. The Labute approximate surface area is 61.6 Å². The third kappa shape index (κ3) is 0.861. The number of rotatable bonds is 0. The van der Waals surface area contributed by atoms with Gasteiger partial charge in [0.25, 0.3) is 0 Å². The molecule has 0 atom stereocenters. The van der Waals surface area contributed by atoms with E-state index >= 15 is 0 Å². The maximum atomic E-state index is 7.45. The maximum Gasteiger partial charge on any atom is 0.133 e. The van der Waals surface area contributed by atoms with E-state index in [4.69, 9.17) is 5.41 Å². The third-order valence-corrected chi connectivity index (χ3v) is 1.36. The van der Waals surface area contributed by atoms with Crippen LogP contribution in [0.4, 0.5) is 0 Å². The van der Waals surface area contributed by atoms with Crippen LogP contribution in [0, 0.1) is 5.41 Å². The number of fused-ring (bicyclic) bond motifs is 1. The van der Waals surface area contributed by atoms with Crippen molar-refractivity contribution in [3.63, 3.8) is 0 Å². The first-order chi connectivity index (χ1) is 5.38. The number of aromatic nitrogens is 4. The molecule has 0 radical (unpaired) electrons. The van der Waals surface area contributed by atoms with Gasteiger partial charge in [0.2, 0.25) is 0 Å². The molecular weight excluding hydrogens is 142 g/mol. The highest BCUT2D eigenvalue weighted by Crippen LogP contribution is 1.95. The van der Waals surface area contributed by atoms with E-state index in [-0.39, 0.29) is 0 Å². The summed E-state index contributed by atoms with van der Waals surface area (Å²) >= 11 is 0. The summed E-state index contributed by atoms with van der Waals surface area (Å²) in [4.78, 5) is 0. The molecule has 0 aromatic carbocycles. The molecule has 11 heavy (non-hydrogen) atoms. The molecule has 0 spiro atoms. The second-order valence-corrected chi connectivity index (χ2v) is 2.08. The number of H-pyrrole nitrogens is 1. The normalized spacial score (nSPS) is 10.2. The van der Waals surface area contributed by atoms with E-state index in [2.05, 4.69) is 20.4 Å². The summed E-state index contributed by atoms with van der Waals surface area (Å²) in [6.45, 7) is 0. The van der Waals surface area contributed by atoms with E-state index in [1.54, 1.807) is 12.3 Å². The smallest absolute Gasteiger partial charge is 0.133 e. The van der Waals surface area contributed by atoms with Gasteiger partial charge in [0.15, 0.2) is 0 Å². The van der Waals surface area contributed by atoms with E-state index in [0.717, 1.165) is 0 Å². The summed E-state index contributed by atoms with van der Waals surface area (Å²) < 4.78 is 0. The van der Waals surface area contributed by atoms with Crippen LogP contribution < -0.4 is 5.36 Å². The van der Waals surface area contributed by atoms with Gasteiger partial charge in [-0.2, -0.15) is 10.2 Å². The largest absolute Gasteiger partial charge is 0.299 e. The average molecular weight is 147 g/mol. The number of hydrogen-bond donors (Lipinski definition) is 2. The van der Waals surface area contributed by atoms with Crippen molar-refractivity contribution in [2.24, 2.45) is 0 Å². The zero-order valence-corrected chi connectivity index (χ0v) is 5.57. The minimum Gasteiger partial charge on any atom is -0.299 e. The SMILES string of the molecule is N=c1ccnnc2cn[nH]c12. The quantitative estimate of drug-likeness (QED) is 0.543. The molecule has 5 heteroatoms. The van der Waals surface area contributed by atoms with Gasteiger partial charge in [-0.25, -0.2) is 0 Å². The molecule has 0 saturated carbocycles. The third-order valence-electron chi connectivity index (χ3n) is 1.36. The minimum absolute atomic E-state index is 0.350. The molecule has 0 amide bonds. The number of nitrogens with zero attached hydrogens (tertiary/aromatic N) is 3. The zero-order chi connectivity index (χ0) is 7.68. The summed E-state index contributed by atoms with van der Waals surface area (Å²) in [5, 5.41) is 21.7. The van der Waals surface area contributed by atoms with Crippen molar-refractivity contribution in [1.82, 2.24) is 20.4 Å². The Bertz CT molecular complexity index is 432. The van der Waals surface area contributed by atoms with Gasteiger partial charge in [-0.05, 0) is 6.07 Å². The van der Waals surface area contributed by atoms with Crippen molar-refractivity contribution < 1.29 is 0 Å². The molecule has 2 heterocycles. The molecule has 0 aliphatic carbocycles. The number of aromatic amines is 1. The maximum absolute atomic E-state index is 7.45. The monoisotopic (exact) mass is 147 g/mol. The van der Waals surface area contributed by atoms with Gasteiger partial charge in [0.1, 0.15) is 11.0 Å². The lowest BCUT2D eigenvalue weighted by Crippen LogP contribution is -1.94. The average Bonchev–Trinajstić information content (AvgIpc) is 2.40. The Morgan fingerprint density at radius 2 is 2.36 bits per heavy atom. The molecule has 2 N–H and O–H groups in total. The first-order valence-electron chi connectivity index (χ1n) is 3.07. The fourth-order valence-corrected chi connectivity index (χ4v) is 0.841. The van der Waals surface area contributed by atoms with Crippen LogP contribution in [-0.2, 0) is 0 Å². The standard InChI is InChI=1S/C6H5N5/c7-4-1-2-8-10-5-3-9-11-6(4)5/h1-3,7H,(H,9,11). The van der Waals surface area contributed by atoms with Crippen LogP contribution in [0.5, 0.6) is 0 Å². The first kappa shape index (κ1) is 5.96. The van der Waals surface area contributed by atoms with E-state index in [1.807, 2.05) is 0 Å². The summed E-state index contributed by atoms with van der Waals surface area (Å²) in [5.41, 5.74) is 1.22. The van der Waals surface area contributed by atoms with E-state index in [0.29, 0.717) is 16.4 Å². The molecule has 54 valence electrons. The van der Waals surface area contributed by atoms with E-state index in [9.17, 15) is 0 Å². The highest BCUT2D eigenvalue weighted by atomic mass is 15.2. The molecule has 0 saturated heterocycles. The van der Waals surface area contributed by atoms with Gasteiger partial charge in [-0.1, -0.05) is 0 Å². The van der Waals surface area contributed by atoms with Crippen LogP contribution >= 0.6 is 0 Å². The van der Waals surface area contributed by atoms with Crippen LogP contribution in [0.15, 0.2) is 18.5 Å². The topological polar surface area (TPSA) is 78.3 Å². The van der Waals surface area contributed by atoms with Gasteiger partial charge in [-0.15, -0.1) is 5.10 Å². The van der Waals surface area contributed by atoms with Crippen LogP contribution in [-0.4, -0.2) is 20.4 Å². The van der Waals surface area contributed by atoms with Gasteiger partial charge in [0.05, 0.1) is 17.8 Å². The van der Waals surface area contributed by atoms with Gasteiger partial charge >= 0.3 is 0 Å². The van der Waals surface area contributed by atoms with Gasteiger partial charge in [0, 0.05) is 0 Å². The van der Waals surface area contributed by atoms with Crippen molar-refractivity contribution in [2.45, 2.75) is 0 Å². The lowest BCUT2D eigenvalue weighted by atomic mass is 10.4. The fourth-order valence-electron chi connectivity index (χ4n) is 0.841. The number of hydrogen-bond acceptors (Lipinski definition) is 4. The molecule has 0 unspecified atom stereocenters. The second-order valence-electron chi connectivity index (χ2n) is 2.08. The molecule has 0 aliphatic heterocycles. The van der Waals surface area contributed by atoms with Crippen molar-refractivity contribution in [1.29, 1.82) is 5.41 Å². The molecule has 2 aromatic heterocycles. The Hall–Kier alpha value is -1.78. The Kier molecular flexibility index (Phi) is 1.15. The van der Waals surface area contributed by atoms with Gasteiger partial charge < -0.3 is 0 Å². The predicted octanol–water partition coefficient (Wildman–Crippen LogP) is -0.168. The molecular formula is C6H5N5. The van der Waals surface area contributed by atoms with E-state index < -0.39 is 0 Å². The van der Waals surface area contributed by atoms with Crippen LogP contribution in [0.1, 0.15) is 0 Å². The van der Waals surface area contributed by atoms with E-state index in [1.165, 1.54) is 6.20 Å².